The Hall–Kier alpha value is -3.72. The predicted octanol–water partition coefficient (Wildman–Crippen LogP) is 5.43. The number of hydrogen-bond acceptors (Lipinski definition) is 6. The standard InChI is InChI=1S/C21H14BrN3O5/c1-11-8-12(2-5-17(11)25(28)29)20(27)23-14-4-7-19-16(10-14)24-21(30-19)13-3-6-18(26)15(22)9-13/h2-10,26H,1H3,(H,23,27). The van der Waals surface area contributed by atoms with Crippen molar-refractivity contribution in [2.75, 3.05) is 5.32 Å². The molecule has 4 aromatic rings. The fourth-order valence-electron chi connectivity index (χ4n) is 2.97. The molecule has 0 saturated carbocycles. The van der Waals surface area contributed by atoms with Crippen LogP contribution in [0.2, 0.25) is 0 Å². The Balaban J connectivity index is 1.59. The summed E-state index contributed by atoms with van der Waals surface area (Å²) >= 11 is 3.26. The zero-order valence-corrected chi connectivity index (χ0v) is 17.1. The maximum Gasteiger partial charge on any atom is 0.272 e. The topological polar surface area (TPSA) is 118 Å². The van der Waals surface area contributed by atoms with Crippen LogP contribution >= 0.6 is 15.9 Å². The molecule has 3 aromatic carbocycles. The lowest BCUT2D eigenvalue weighted by Crippen LogP contribution is -2.12. The first kappa shape index (κ1) is 19.6. The number of nitrogens with one attached hydrogen (secondary N) is 1. The number of nitro groups is 1. The Morgan fingerprint density at radius 2 is 1.97 bits per heavy atom. The molecule has 0 aliphatic heterocycles. The van der Waals surface area contributed by atoms with Crippen LogP contribution in [-0.2, 0) is 0 Å². The average Bonchev–Trinajstić information content (AvgIpc) is 3.13. The van der Waals surface area contributed by atoms with Gasteiger partial charge in [-0.25, -0.2) is 4.98 Å². The van der Waals surface area contributed by atoms with Crippen LogP contribution in [0.3, 0.4) is 0 Å². The van der Waals surface area contributed by atoms with E-state index in [0.29, 0.717) is 43.8 Å². The third kappa shape index (κ3) is 3.74. The summed E-state index contributed by atoms with van der Waals surface area (Å²) in [7, 11) is 0. The number of hydrogen-bond donors (Lipinski definition) is 2. The van der Waals surface area contributed by atoms with Crippen molar-refractivity contribution in [2.24, 2.45) is 0 Å². The van der Waals surface area contributed by atoms with Crippen molar-refractivity contribution in [1.82, 2.24) is 4.98 Å². The number of anilines is 1. The highest BCUT2D eigenvalue weighted by Gasteiger charge is 2.15. The number of benzene rings is 3. The number of phenolic OH excluding ortho intramolecular Hbond substituents is 1. The van der Waals surface area contributed by atoms with Gasteiger partial charge in [-0.15, -0.1) is 0 Å². The molecule has 0 aliphatic rings. The molecule has 1 amide bonds. The summed E-state index contributed by atoms with van der Waals surface area (Å²) in [6, 6.07) is 14.2. The highest BCUT2D eigenvalue weighted by atomic mass is 79.9. The van der Waals surface area contributed by atoms with Crippen LogP contribution in [0.4, 0.5) is 11.4 Å². The molecule has 9 heteroatoms. The molecule has 0 spiro atoms. The number of aromatic hydroxyl groups is 1. The third-order valence-electron chi connectivity index (χ3n) is 4.50. The second-order valence-corrected chi connectivity index (χ2v) is 7.43. The minimum absolute atomic E-state index is 0.0380. The number of phenols is 1. The normalized spacial score (nSPS) is 10.9. The molecule has 150 valence electrons. The number of carbonyl (C=O) groups is 1. The summed E-state index contributed by atoms with van der Waals surface area (Å²) < 4.78 is 6.28. The second-order valence-electron chi connectivity index (χ2n) is 6.58. The molecule has 2 N–H and O–H groups in total. The van der Waals surface area contributed by atoms with Crippen molar-refractivity contribution < 1.29 is 19.2 Å². The van der Waals surface area contributed by atoms with Gasteiger partial charge < -0.3 is 14.8 Å². The molecular weight excluding hydrogens is 454 g/mol. The third-order valence-corrected chi connectivity index (χ3v) is 5.13. The molecule has 8 nitrogen and oxygen atoms in total. The van der Waals surface area contributed by atoms with Gasteiger partial charge in [0.05, 0.1) is 9.40 Å². The number of rotatable bonds is 4. The number of halogens is 1. The number of nitro benzene ring substituents is 1. The van der Waals surface area contributed by atoms with Crippen molar-refractivity contribution >= 4 is 44.3 Å². The summed E-state index contributed by atoms with van der Waals surface area (Å²) in [5.41, 5.74) is 2.96. The van der Waals surface area contributed by atoms with Crippen molar-refractivity contribution in [1.29, 1.82) is 0 Å². The summed E-state index contributed by atoms with van der Waals surface area (Å²) in [4.78, 5) is 27.4. The molecular formula is C21H14BrN3O5. The Kier molecular flexibility index (Phi) is 4.96. The van der Waals surface area contributed by atoms with E-state index in [9.17, 15) is 20.0 Å². The van der Waals surface area contributed by atoms with Gasteiger partial charge in [0, 0.05) is 28.4 Å². The molecule has 0 saturated heterocycles. The number of aromatic nitrogens is 1. The summed E-state index contributed by atoms with van der Waals surface area (Å²) in [5.74, 6) is 0.0973. The zero-order valence-electron chi connectivity index (χ0n) is 15.5. The number of nitrogens with zero attached hydrogens (tertiary/aromatic N) is 2. The largest absolute Gasteiger partial charge is 0.507 e. The number of aryl methyl sites for hydroxylation is 1. The lowest BCUT2D eigenvalue weighted by molar-refractivity contribution is -0.385. The van der Waals surface area contributed by atoms with Crippen molar-refractivity contribution in [3.05, 3.63) is 80.3 Å². The van der Waals surface area contributed by atoms with Crippen LogP contribution in [0.5, 0.6) is 5.75 Å². The van der Waals surface area contributed by atoms with Gasteiger partial charge in [0.25, 0.3) is 11.6 Å². The number of fused-ring (bicyclic) bond motifs is 1. The van der Waals surface area contributed by atoms with Gasteiger partial charge in [-0.05, 0) is 71.4 Å². The van der Waals surface area contributed by atoms with E-state index in [1.54, 1.807) is 37.3 Å². The molecule has 0 unspecified atom stereocenters. The van der Waals surface area contributed by atoms with Crippen molar-refractivity contribution in [3.8, 4) is 17.2 Å². The van der Waals surface area contributed by atoms with Crippen LogP contribution in [0.1, 0.15) is 15.9 Å². The number of oxazole rings is 1. The monoisotopic (exact) mass is 467 g/mol. The smallest absolute Gasteiger partial charge is 0.272 e. The maximum atomic E-state index is 12.5. The van der Waals surface area contributed by atoms with Gasteiger partial charge >= 0.3 is 0 Å². The molecule has 0 aliphatic carbocycles. The Morgan fingerprint density at radius 1 is 1.17 bits per heavy atom. The average molecular weight is 468 g/mol. The van der Waals surface area contributed by atoms with Crippen LogP contribution in [0.25, 0.3) is 22.6 Å². The van der Waals surface area contributed by atoms with Gasteiger partial charge in [-0.2, -0.15) is 0 Å². The first-order valence-corrected chi connectivity index (χ1v) is 9.57. The fourth-order valence-corrected chi connectivity index (χ4v) is 3.35. The Bertz CT molecular complexity index is 1320. The minimum Gasteiger partial charge on any atom is -0.507 e. The van der Waals surface area contributed by atoms with Gasteiger partial charge in [-0.3, -0.25) is 14.9 Å². The summed E-state index contributed by atoms with van der Waals surface area (Å²) in [6.07, 6.45) is 0. The first-order chi connectivity index (χ1) is 14.3. The highest BCUT2D eigenvalue weighted by Crippen LogP contribution is 2.31. The zero-order chi connectivity index (χ0) is 21.4. The Morgan fingerprint density at radius 3 is 2.67 bits per heavy atom. The van der Waals surface area contributed by atoms with Crippen molar-refractivity contribution in [3.63, 3.8) is 0 Å². The van der Waals surface area contributed by atoms with Crippen molar-refractivity contribution in [2.45, 2.75) is 6.92 Å². The first-order valence-electron chi connectivity index (χ1n) is 8.78. The van der Waals surface area contributed by atoms with E-state index < -0.39 is 10.8 Å². The van der Waals surface area contributed by atoms with Crippen LogP contribution in [-0.4, -0.2) is 20.9 Å². The van der Waals surface area contributed by atoms with E-state index in [1.807, 2.05) is 0 Å². The van der Waals surface area contributed by atoms with E-state index >= 15 is 0 Å². The van der Waals surface area contributed by atoms with E-state index in [-0.39, 0.29) is 11.4 Å². The number of amides is 1. The molecule has 0 atom stereocenters. The molecule has 0 bridgehead atoms. The molecule has 4 rings (SSSR count). The second kappa shape index (κ2) is 7.60. The van der Waals surface area contributed by atoms with Gasteiger partial charge in [0.2, 0.25) is 5.89 Å². The lowest BCUT2D eigenvalue weighted by Gasteiger charge is -2.06. The van der Waals surface area contributed by atoms with Gasteiger partial charge in [0.15, 0.2) is 5.58 Å². The van der Waals surface area contributed by atoms with Crippen LogP contribution in [0.15, 0.2) is 63.5 Å². The number of carbonyl (C=O) groups excluding carboxylic acids is 1. The Labute approximate surface area is 178 Å². The molecule has 1 aromatic heterocycles. The highest BCUT2D eigenvalue weighted by molar-refractivity contribution is 9.10. The fraction of sp³-hybridized carbons (Fsp3) is 0.0476. The molecule has 1 heterocycles. The SMILES string of the molecule is Cc1cc(C(=O)Nc2ccc3oc(-c4ccc(O)c(Br)c4)nc3c2)ccc1[N+](=O)[O-]. The predicted molar refractivity (Wildman–Crippen MR) is 115 cm³/mol. The lowest BCUT2D eigenvalue weighted by atomic mass is 10.1. The van der Waals surface area contributed by atoms with E-state index in [2.05, 4.69) is 26.2 Å². The quantitative estimate of drug-likeness (QED) is 0.305. The van der Waals surface area contributed by atoms with E-state index in [1.165, 1.54) is 24.3 Å². The maximum absolute atomic E-state index is 12.5. The van der Waals surface area contributed by atoms with Crippen LogP contribution < -0.4 is 5.32 Å². The van der Waals surface area contributed by atoms with Gasteiger partial charge in [0.1, 0.15) is 11.3 Å². The summed E-state index contributed by atoms with van der Waals surface area (Å²) in [6.45, 7) is 1.58. The molecule has 30 heavy (non-hydrogen) atoms. The van der Waals surface area contributed by atoms with E-state index in [4.69, 9.17) is 4.42 Å². The summed E-state index contributed by atoms with van der Waals surface area (Å²) in [5, 5.41) is 23.3. The molecule has 0 fully saturated rings. The minimum atomic E-state index is -0.486. The molecule has 0 radical (unpaired) electrons. The van der Waals surface area contributed by atoms with Crippen LogP contribution in [0, 0.1) is 17.0 Å². The van der Waals surface area contributed by atoms with Gasteiger partial charge in [-0.1, -0.05) is 0 Å². The van der Waals surface area contributed by atoms with E-state index in [0.717, 1.165) is 0 Å².